The zero-order valence-electron chi connectivity index (χ0n) is 15.7. The second-order valence-corrected chi connectivity index (χ2v) is 9.61. The fourth-order valence-corrected chi connectivity index (χ4v) is 5.28. The first-order chi connectivity index (χ1) is 12.8. The van der Waals surface area contributed by atoms with Crippen LogP contribution in [0.4, 0.5) is 0 Å². The van der Waals surface area contributed by atoms with Crippen LogP contribution < -0.4 is 5.56 Å². The zero-order chi connectivity index (χ0) is 19.3. The lowest BCUT2D eigenvalue weighted by Gasteiger charge is -2.19. The van der Waals surface area contributed by atoms with E-state index >= 15 is 0 Å². The largest absolute Gasteiger partial charge is 0.323 e. The van der Waals surface area contributed by atoms with Crippen molar-refractivity contribution in [3.8, 4) is 0 Å². The topological polar surface area (TPSA) is 54.9 Å². The Morgan fingerprint density at radius 1 is 1.15 bits per heavy atom. The van der Waals surface area contributed by atoms with E-state index < -0.39 is 0 Å². The fraction of sp³-hybridized carbons (Fsp3) is 0.381. The molecule has 0 spiro atoms. The fourth-order valence-electron chi connectivity index (χ4n) is 3.66. The smallest absolute Gasteiger partial charge is 0.270 e. The van der Waals surface area contributed by atoms with Crippen LogP contribution in [-0.4, -0.2) is 15.5 Å². The summed E-state index contributed by atoms with van der Waals surface area (Å²) in [4.78, 5) is 31.4. The van der Waals surface area contributed by atoms with Crippen LogP contribution in [0.5, 0.6) is 0 Å². The Balaban J connectivity index is 1.85. The minimum atomic E-state index is -0.376. The molecule has 1 aliphatic rings. The van der Waals surface area contributed by atoms with E-state index in [-0.39, 0.29) is 21.7 Å². The number of rotatable bonds is 1. The Morgan fingerprint density at radius 2 is 1.81 bits per heavy atom. The van der Waals surface area contributed by atoms with Gasteiger partial charge in [0, 0.05) is 10.4 Å². The maximum Gasteiger partial charge on any atom is 0.270 e. The molecule has 3 aromatic rings. The van der Waals surface area contributed by atoms with Gasteiger partial charge in [0.15, 0.2) is 4.77 Å². The number of carbonyl (C=O) groups is 1. The zero-order valence-corrected chi connectivity index (χ0v) is 17.4. The van der Waals surface area contributed by atoms with Gasteiger partial charge in [0.1, 0.15) is 4.83 Å². The number of benzene rings is 1. The number of aromatic amines is 1. The average molecular weight is 399 g/mol. The second kappa shape index (κ2) is 6.53. The van der Waals surface area contributed by atoms with Gasteiger partial charge in [0.2, 0.25) is 0 Å². The Morgan fingerprint density at radius 3 is 2.48 bits per heavy atom. The van der Waals surface area contributed by atoms with Crippen molar-refractivity contribution in [2.75, 3.05) is 0 Å². The number of aryl methyl sites for hydroxylation is 2. The van der Waals surface area contributed by atoms with Gasteiger partial charge in [-0.05, 0) is 66.6 Å². The van der Waals surface area contributed by atoms with Gasteiger partial charge < -0.3 is 4.98 Å². The molecule has 0 saturated heterocycles. The van der Waals surface area contributed by atoms with E-state index in [9.17, 15) is 9.59 Å². The molecule has 0 amide bonds. The summed E-state index contributed by atoms with van der Waals surface area (Å²) in [5.74, 6) is -0.376. The molecule has 4 nitrogen and oxygen atoms in total. The number of nitrogens with one attached hydrogen (secondary N) is 1. The molecule has 140 valence electrons. The molecule has 0 unspecified atom stereocenters. The highest BCUT2D eigenvalue weighted by Crippen LogP contribution is 2.33. The molecule has 1 N–H and O–H groups in total. The van der Waals surface area contributed by atoms with Gasteiger partial charge >= 0.3 is 0 Å². The van der Waals surface area contributed by atoms with E-state index in [0.29, 0.717) is 10.9 Å². The predicted octanol–water partition coefficient (Wildman–Crippen LogP) is 4.99. The van der Waals surface area contributed by atoms with Crippen LogP contribution in [0.1, 0.15) is 60.0 Å². The van der Waals surface area contributed by atoms with Gasteiger partial charge in [0.25, 0.3) is 11.5 Å². The molecule has 0 aliphatic heterocycles. The van der Waals surface area contributed by atoms with Crippen molar-refractivity contribution in [1.29, 1.82) is 0 Å². The van der Waals surface area contributed by atoms with Gasteiger partial charge in [-0.3, -0.25) is 9.59 Å². The van der Waals surface area contributed by atoms with Crippen LogP contribution >= 0.6 is 23.6 Å². The van der Waals surface area contributed by atoms with Crippen LogP contribution in [0.25, 0.3) is 10.2 Å². The highest BCUT2D eigenvalue weighted by atomic mass is 32.1. The summed E-state index contributed by atoms with van der Waals surface area (Å²) >= 11 is 6.96. The molecule has 2 heterocycles. The van der Waals surface area contributed by atoms with Crippen LogP contribution in [0, 0.1) is 4.77 Å². The summed E-state index contributed by atoms with van der Waals surface area (Å²) in [6, 6.07) is 7.43. The third-order valence-corrected chi connectivity index (χ3v) is 6.70. The molecular formula is C21H22N2O2S2. The number of aromatic nitrogens is 2. The van der Waals surface area contributed by atoms with Crippen molar-refractivity contribution in [1.82, 2.24) is 9.55 Å². The van der Waals surface area contributed by atoms with Gasteiger partial charge in [-0.2, -0.15) is 0 Å². The summed E-state index contributed by atoms with van der Waals surface area (Å²) in [5, 5.41) is 0.642. The Kier molecular flexibility index (Phi) is 4.43. The molecule has 0 bridgehead atoms. The lowest BCUT2D eigenvalue weighted by molar-refractivity contribution is 0.0953. The molecule has 0 fully saturated rings. The van der Waals surface area contributed by atoms with Crippen molar-refractivity contribution >= 4 is 39.7 Å². The van der Waals surface area contributed by atoms with Crippen LogP contribution in [0.15, 0.2) is 29.1 Å². The third kappa shape index (κ3) is 3.11. The highest BCUT2D eigenvalue weighted by molar-refractivity contribution is 7.71. The van der Waals surface area contributed by atoms with Crippen LogP contribution in [0.2, 0.25) is 0 Å². The normalized spacial score (nSPS) is 14.3. The maximum atomic E-state index is 13.2. The van der Waals surface area contributed by atoms with E-state index in [4.69, 9.17) is 12.2 Å². The summed E-state index contributed by atoms with van der Waals surface area (Å²) in [6.07, 6.45) is 4.12. The summed E-state index contributed by atoms with van der Waals surface area (Å²) in [7, 11) is 0. The number of fused-ring (bicyclic) bond motifs is 3. The average Bonchev–Trinajstić information content (AvgIpc) is 2.99. The first-order valence-electron chi connectivity index (χ1n) is 9.22. The van der Waals surface area contributed by atoms with Crippen LogP contribution in [-0.2, 0) is 18.3 Å². The standard InChI is InChI=1S/C21H22N2O2S2/c1-21(2,3)13-10-8-12(9-11-13)18(24)23-19(25)16-14-6-4-5-7-15(14)27-17(16)22-20(23)26/h8-11H,4-7H2,1-3H3,(H,22,26). The lowest BCUT2D eigenvalue weighted by atomic mass is 9.87. The van der Waals surface area contributed by atoms with Gasteiger partial charge in [-0.1, -0.05) is 32.9 Å². The molecule has 4 rings (SSSR count). The Hall–Kier alpha value is -2.05. The molecule has 6 heteroatoms. The highest BCUT2D eigenvalue weighted by Gasteiger charge is 2.23. The number of carbonyl (C=O) groups excluding carboxylic acids is 1. The summed E-state index contributed by atoms with van der Waals surface area (Å²) in [6.45, 7) is 6.37. The lowest BCUT2D eigenvalue weighted by Crippen LogP contribution is -2.29. The van der Waals surface area contributed by atoms with Crippen LogP contribution in [0.3, 0.4) is 0 Å². The molecule has 1 aliphatic carbocycles. The first-order valence-corrected chi connectivity index (χ1v) is 10.4. The molecule has 0 radical (unpaired) electrons. The van der Waals surface area contributed by atoms with E-state index in [1.54, 1.807) is 23.5 Å². The van der Waals surface area contributed by atoms with Gasteiger partial charge in [0.05, 0.1) is 5.39 Å². The van der Waals surface area contributed by atoms with E-state index in [0.717, 1.165) is 46.2 Å². The number of hydrogen-bond donors (Lipinski definition) is 1. The molecule has 0 atom stereocenters. The minimum absolute atomic E-state index is 0.00399. The number of nitrogens with zero attached hydrogens (tertiary/aromatic N) is 1. The van der Waals surface area contributed by atoms with Crippen molar-refractivity contribution in [3.63, 3.8) is 0 Å². The summed E-state index contributed by atoms with van der Waals surface area (Å²) < 4.78 is 1.28. The monoisotopic (exact) mass is 398 g/mol. The third-order valence-electron chi connectivity index (χ3n) is 5.21. The van der Waals surface area contributed by atoms with Crippen molar-refractivity contribution in [3.05, 3.63) is 61.0 Å². The molecular weight excluding hydrogens is 376 g/mol. The number of H-pyrrole nitrogens is 1. The number of hydrogen-bond acceptors (Lipinski definition) is 4. The minimum Gasteiger partial charge on any atom is -0.323 e. The predicted molar refractivity (Wildman–Crippen MR) is 113 cm³/mol. The van der Waals surface area contributed by atoms with Crippen molar-refractivity contribution in [2.24, 2.45) is 0 Å². The van der Waals surface area contributed by atoms with Crippen molar-refractivity contribution < 1.29 is 4.79 Å². The first kappa shape index (κ1) is 18.3. The summed E-state index contributed by atoms with van der Waals surface area (Å²) in [5.41, 5.74) is 2.41. The SMILES string of the molecule is CC(C)(C)c1ccc(C(=O)n2c(=S)[nH]c3sc4c(c3c2=O)CCCC4)cc1. The quantitative estimate of drug-likeness (QED) is 0.588. The Labute approximate surface area is 166 Å². The second-order valence-electron chi connectivity index (χ2n) is 8.12. The maximum absolute atomic E-state index is 13.2. The van der Waals surface area contributed by atoms with E-state index in [1.165, 1.54) is 4.88 Å². The van der Waals surface area contributed by atoms with Crippen molar-refractivity contribution in [2.45, 2.75) is 51.9 Å². The molecule has 27 heavy (non-hydrogen) atoms. The van der Waals surface area contributed by atoms with Gasteiger partial charge in [-0.15, -0.1) is 11.3 Å². The van der Waals surface area contributed by atoms with E-state index in [1.807, 2.05) is 12.1 Å². The number of thiophene rings is 1. The van der Waals surface area contributed by atoms with E-state index in [2.05, 4.69) is 25.8 Å². The molecule has 0 saturated carbocycles. The van der Waals surface area contributed by atoms with Gasteiger partial charge in [-0.25, -0.2) is 4.57 Å². The molecule has 1 aromatic carbocycles. The Bertz CT molecular complexity index is 1160. The molecule has 2 aromatic heterocycles.